The Bertz CT molecular complexity index is 629. The minimum atomic E-state index is -3.67. The quantitative estimate of drug-likeness (QED) is 0.805. The normalized spacial score (nSPS) is 17.6. The highest BCUT2D eigenvalue weighted by atomic mass is 19.3. The fourth-order valence-electron chi connectivity index (χ4n) is 3.34. The molecule has 26 heavy (non-hydrogen) atoms. The third-order valence-corrected chi connectivity index (χ3v) is 5.04. The Labute approximate surface area is 152 Å². The van der Waals surface area contributed by atoms with Crippen LogP contribution in [0.5, 0.6) is 0 Å². The summed E-state index contributed by atoms with van der Waals surface area (Å²) in [5.41, 5.74) is -1.17. The lowest BCUT2D eigenvalue weighted by Gasteiger charge is -2.35. The van der Waals surface area contributed by atoms with E-state index in [2.05, 4.69) is 5.32 Å². The van der Waals surface area contributed by atoms with Gasteiger partial charge in [-0.05, 0) is 18.4 Å². The number of carbonyl (C=O) groups is 2. The van der Waals surface area contributed by atoms with E-state index in [1.54, 1.807) is 44.4 Å². The first kappa shape index (κ1) is 20.3. The molecule has 1 unspecified atom stereocenters. The van der Waals surface area contributed by atoms with E-state index in [1.807, 2.05) is 0 Å². The van der Waals surface area contributed by atoms with Crippen LogP contribution in [-0.2, 0) is 14.3 Å². The second-order valence-electron chi connectivity index (χ2n) is 6.91. The smallest absolute Gasteiger partial charge is 0.352 e. The molecule has 0 heterocycles. The van der Waals surface area contributed by atoms with Crippen LogP contribution in [0.15, 0.2) is 30.3 Å². The number of nitrogens with zero attached hydrogens (tertiary/aromatic N) is 1. The molecule has 1 aliphatic rings. The van der Waals surface area contributed by atoms with Crippen LogP contribution in [0.3, 0.4) is 0 Å². The molecule has 1 aromatic carbocycles. The fraction of sp³-hybridized carbons (Fsp3) is 0.579. The van der Waals surface area contributed by atoms with Crippen LogP contribution in [0, 0.1) is 0 Å². The molecule has 0 spiro atoms. The predicted molar refractivity (Wildman–Crippen MR) is 93.8 cm³/mol. The van der Waals surface area contributed by atoms with Gasteiger partial charge in [-0.3, -0.25) is 9.59 Å². The Balaban J connectivity index is 2.23. The summed E-state index contributed by atoms with van der Waals surface area (Å²) in [6.07, 6.45) is 1.36. The molecule has 2 rings (SSSR count). The van der Waals surface area contributed by atoms with Crippen molar-refractivity contribution < 1.29 is 23.1 Å². The van der Waals surface area contributed by atoms with Gasteiger partial charge in [0.1, 0.15) is 5.60 Å². The first-order chi connectivity index (χ1) is 12.2. The van der Waals surface area contributed by atoms with Crippen molar-refractivity contribution >= 4 is 11.8 Å². The number of hydrogen-bond acceptors (Lipinski definition) is 3. The second kappa shape index (κ2) is 8.12. The summed E-state index contributed by atoms with van der Waals surface area (Å²) >= 11 is 0. The van der Waals surface area contributed by atoms with E-state index in [0.29, 0.717) is 18.4 Å². The van der Waals surface area contributed by atoms with Gasteiger partial charge >= 0.3 is 5.92 Å². The van der Waals surface area contributed by atoms with E-state index in [1.165, 1.54) is 12.0 Å². The van der Waals surface area contributed by atoms with E-state index in [-0.39, 0.29) is 25.2 Å². The first-order valence-corrected chi connectivity index (χ1v) is 8.72. The minimum absolute atomic E-state index is 0.0984. The molecule has 2 amide bonds. The minimum Gasteiger partial charge on any atom is -0.371 e. The summed E-state index contributed by atoms with van der Waals surface area (Å²) in [4.78, 5) is 25.9. The van der Waals surface area contributed by atoms with Crippen LogP contribution in [0.2, 0.25) is 0 Å². The van der Waals surface area contributed by atoms with Crippen LogP contribution >= 0.6 is 0 Å². The van der Waals surface area contributed by atoms with Crippen LogP contribution < -0.4 is 5.32 Å². The van der Waals surface area contributed by atoms with Crippen LogP contribution in [0.25, 0.3) is 0 Å². The molecular formula is C19H26F2N2O3. The molecule has 1 atom stereocenters. The maximum atomic E-state index is 14.9. The molecule has 0 aliphatic heterocycles. The highest BCUT2D eigenvalue weighted by Gasteiger charge is 2.60. The summed E-state index contributed by atoms with van der Waals surface area (Å²) in [5.74, 6) is -5.33. The van der Waals surface area contributed by atoms with Crippen molar-refractivity contribution in [1.82, 2.24) is 10.2 Å². The third-order valence-electron chi connectivity index (χ3n) is 5.04. The number of hydrogen-bond donors (Lipinski definition) is 1. The monoisotopic (exact) mass is 368 g/mol. The highest BCUT2D eigenvalue weighted by molar-refractivity contribution is 5.86. The van der Waals surface area contributed by atoms with Gasteiger partial charge in [0.2, 0.25) is 5.91 Å². The van der Waals surface area contributed by atoms with Crippen molar-refractivity contribution in [3.8, 4) is 0 Å². The van der Waals surface area contributed by atoms with Crippen LogP contribution in [0.1, 0.15) is 43.7 Å². The lowest BCUT2D eigenvalue weighted by atomic mass is 9.91. The van der Waals surface area contributed by atoms with Crippen molar-refractivity contribution in [3.63, 3.8) is 0 Å². The molecule has 1 aliphatic carbocycles. The Morgan fingerprint density at radius 2 is 1.81 bits per heavy atom. The number of ether oxygens (including phenoxy) is 1. The fourth-order valence-corrected chi connectivity index (χ4v) is 3.34. The van der Waals surface area contributed by atoms with Crippen molar-refractivity contribution in [2.45, 2.75) is 49.7 Å². The number of benzene rings is 1. The largest absolute Gasteiger partial charge is 0.371 e. The number of methoxy groups -OCH3 is 1. The van der Waals surface area contributed by atoms with E-state index in [9.17, 15) is 18.4 Å². The zero-order chi connectivity index (χ0) is 19.4. The van der Waals surface area contributed by atoms with E-state index in [0.717, 1.165) is 0 Å². The number of rotatable bonds is 7. The molecular weight excluding hydrogens is 342 g/mol. The van der Waals surface area contributed by atoms with Crippen LogP contribution in [0.4, 0.5) is 8.78 Å². The van der Waals surface area contributed by atoms with Gasteiger partial charge in [-0.2, -0.15) is 8.78 Å². The lowest BCUT2D eigenvalue weighted by molar-refractivity contribution is -0.200. The zero-order valence-electron chi connectivity index (χ0n) is 15.4. The van der Waals surface area contributed by atoms with Crippen molar-refractivity contribution in [1.29, 1.82) is 0 Å². The first-order valence-electron chi connectivity index (χ1n) is 8.72. The van der Waals surface area contributed by atoms with Gasteiger partial charge < -0.3 is 15.0 Å². The lowest BCUT2D eigenvalue weighted by Crippen LogP contribution is -2.57. The SMILES string of the molecule is COC1(C(F)(F)C(=O)NC(CC(=O)N(C)C)c2ccccc2)CCCC1. The Kier molecular flexibility index (Phi) is 6.34. The predicted octanol–water partition coefficient (Wildman–Crippen LogP) is 2.92. The number of carbonyl (C=O) groups excluding carboxylic acids is 2. The average Bonchev–Trinajstić information content (AvgIpc) is 3.12. The number of halogens is 2. The van der Waals surface area contributed by atoms with Gasteiger partial charge in [0.25, 0.3) is 5.91 Å². The molecule has 0 bridgehead atoms. The van der Waals surface area contributed by atoms with Crippen molar-refractivity contribution in [2.75, 3.05) is 21.2 Å². The summed E-state index contributed by atoms with van der Waals surface area (Å²) in [5, 5.41) is 2.38. The van der Waals surface area contributed by atoms with E-state index < -0.39 is 23.5 Å². The summed E-state index contributed by atoms with van der Waals surface area (Å²) < 4.78 is 34.9. The molecule has 144 valence electrons. The molecule has 1 N–H and O–H groups in total. The molecule has 5 nitrogen and oxygen atoms in total. The van der Waals surface area contributed by atoms with Gasteiger partial charge in [0.15, 0.2) is 0 Å². The molecule has 1 aromatic rings. The molecule has 1 fully saturated rings. The van der Waals surface area contributed by atoms with E-state index >= 15 is 0 Å². The highest BCUT2D eigenvalue weighted by Crippen LogP contribution is 2.45. The maximum Gasteiger partial charge on any atom is 0.352 e. The third kappa shape index (κ3) is 4.03. The molecule has 0 saturated heterocycles. The number of alkyl halides is 2. The van der Waals surface area contributed by atoms with E-state index in [4.69, 9.17) is 4.74 Å². The molecule has 1 saturated carbocycles. The van der Waals surface area contributed by atoms with Gasteiger partial charge in [0.05, 0.1) is 12.5 Å². The Morgan fingerprint density at radius 3 is 2.31 bits per heavy atom. The topological polar surface area (TPSA) is 58.6 Å². The second-order valence-corrected chi connectivity index (χ2v) is 6.91. The standard InChI is InChI=1S/C19H26F2N2O3/c1-23(2)16(24)13-15(14-9-5-4-6-10-14)22-17(25)19(20,21)18(26-3)11-7-8-12-18/h4-6,9-10,15H,7-8,11-13H2,1-3H3,(H,22,25). The van der Waals surface area contributed by atoms with Crippen molar-refractivity contribution in [3.05, 3.63) is 35.9 Å². The van der Waals surface area contributed by atoms with Gasteiger partial charge in [-0.1, -0.05) is 43.2 Å². The molecule has 0 aromatic heterocycles. The van der Waals surface area contributed by atoms with Gasteiger partial charge in [-0.25, -0.2) is 0 Å². The zero-order valence-corrected chi connectivity index (χ0v) is 15.4. The summed E-state index contributed by atoms with van der Waals surface area (Å²) in [6, 6.07) is 7.82. The van der Waals surface area contributed by atoms with Crippen LogP contribution in [-0.4, -0.2) is 49.4 Å². The molecule has 0 radical (unpaired) electrons. The number of nitrogens with one attached hydrogen (secondary N) is 1. The average molecular weight is 368 g/mol. The van der Waals surface area contributed by atoms with Crippen molar-refractivity contribution in [2.24, 2.45) is 0 Å². The number of amides is 2. The molecule has 7 heteroatoms. The Morgan fingerprint density at radius 1 is 1.23 bits per heavy atom. The Hall–Kier alpha value is -2.02. The summed E-state index contributed by atoms with van der Waals surface area (Å²) in [7, 11) is 4.38. The maximum absolute atomic E-state index is 14.9. The van der Waals surface area contributed by atoms with Gasteiger partial charge in [0, 0.05) is 21.2 Å². The van der Waals surface area contributed by atoms with Gasteiger partial charge in [-0.15, -0.1) is 0 Å². The summed E-state index contributed by atoms with van der Waals surface area (Å²) in [6.45, 7) is 0.